The zero-order chi connectivity index (χ0) is 13.1. The van der Waals surface area contributed by atoms with Gasteiger partial charge in [0.1, 0.15) is 17.6 Å². The molecule has 1 aromatic rings. The van der Waals surface area contributed by atoms with Gasteiger partial charge in [-0.05, 0) is 19.8 Å². The number of ether oxygens (including phenoxy) is 1. The van der Waals surface area contributed by atoms with Crippen LogP contribution in [0.25, 0.3) is 0 Å². The Balaban J connectivity index is 1.89. The molecule has 1 saturated heterocycles. The SMILES string of the molecule is Cc1cc(CN(C)C(=O)[C@@H]2CC[C@H](CN)O2)no1. The molecule has 0 aromatic carbocycles. The Morgan fingerprint density at radius 3 is 2.94 bits per heavy atom. The van der Waals surface area contributed by atoms with Crippen LogP contribution in [0.15, 0.2) is 10.6 Å². The van der Waals surface area contributed by atoms with Crippen LogP contribution in [0, 0.1) is 6.92 Å². The molecule has 0 saturated carbocycles. The van der Waals surface area contributed by atoms with Crippen LogP contribution in [-0.2, 0) is 16.1 Å². The Morgan fingerprint density at radius 1 is 1.61 bits per heavy atom. The highest BCUT2D eigenvalue weighted by molar-refractivity contribution is 5.80. The van der Waals surface area contributed by atoms with E-state index < -0.39 is 0 Å². The Labute approximate surface area is 106 Å². The molecule has 0 radical (unpaired) electrons. The molecule has 2 heterocycles. The lowest BCUT2D eigenvalue weighted by Crippen LogP contribution is -2.36. The molecule has 100 valence electrons. The number of hydrogen-bond acceptors (Lipinski definition) is 5. The highest BCUT2D eigenvalue weighted by Gasteiger charge is 2.31. The zero-order valence-electron chi connectivity index (χ0n) is 10.8. The van der Waals surface area contributed by atoms with Gasteiger partial charge >= 0.3 is 0 Å². The largest absolute Gasteiger partial charge is 0.364 e. The van der Waals surface area contributed by atoms with E-state index in [-0.39, 0.29) is 18.1 Å². The fourth-order valence-electron chi connectivity index (χ4n) is 2.12. The molecule has 6 heteroatoms. The van der Waals surface area contributed by atoms with Crippen LogP contribution in [0.5, 0.6) is 0 Å². The van der Waals surface area contributed by atoms with Crippen molar-refractivity contribution in [3.8, 4) is 0 Å². The number of nitrogens with two attached hydrogens (primary N) is 1. The summed E-state index contributed by atoms with van der Waals surface area (Å²) in [5.41, 5.74) is 6.27. The van der Waals surface area contributed by atoms with Crippen molar-refractivity contribution >= 4 is 5.91 Å². The summed E-state index contributed by atoms with van der Waals surface area (Å²) in [6.07, 6.45) is 1.24. The highest BCUT2D eigenvalue weighted by Crippen LogP contribution is 2.20. The van der Waals surface area contributed by atoms with Gasteiger partial charge in [-0.2, -0.15) is 0 Å². The van der Waals surface area contributed by atoms with Crippen molar-refractivity contribution in [1.82, 2.24) is 10.1 Å². The van der Waals surface area contributed by atoms with Gasteiger partial charge in [-0.1, -0.05) is 5.16 Å². The van der Waals surface area contributed by atoms with E-state index in [0.29, 0.717) is 13.1 Å². The molecule has 2 N–H and O–H groups in total. The van der Waals surface area contributed by atoms with Crippen molar-refractivity contribution in [3.05, 3.63) is 17.5 Å². The average molecular weight is 253 g/mol. The predicted molar refractivity (Wildman–Crippen MR) is 64.7 cm³/mol. The first-order chi connectivity index (χ1) is 8.60. The third-order valence-electron chi connectivity index (χ3n) is 3.10. The van der Waals surface area contributed by atoms with Crippen LogP contribution in [0.3, 0.4) is 0 Å². The summed E-state index contributed by atoms with van der Waals surface area (Å²) in [5.74, 6) is 0.720. The minimum atomic E-state index is -0.364. The van der Waals surface area contributed by atoms with Crippen molar-refractivity contribution in [2.45, 2.75) is 38.5 Å². The van der Waals surface area contributed by atoms with E-state index in [1.54, 1.807) is 11.9 Å². The second-order valence-electron chi connectivity index (χ2n) is 4.68. The number of rotatable bonds is 4. The quantitative estimate of drug-likeness (QED) is 0.842. The lowest BCUT2D eigenvalue weighted by atomic mass is 10.2. The monoisotopic (exact) mass is 253 g/mol. The Morgan fingerprint density at radius 2 is 2.39 bits per heavy atom. The molecule has 1 aliphatic heterocycles. The first-order valence-corrected chi connectivity index (χ1v) is 6.13. The standard InChI is InChI=1S/C12H19N3O3/c1-8-5-9(14-18-8)7-15(2)12(16)11-4-3-10(6-13)17-11/h5,10-11H,3-4,6-7,13H2,1-2H3/t10-,11+/m1/s1. The second kappa shape index (κ2) is 5.49. The van der Waals surface area contributed by atoms with Gasteiger partial charge in [-0.3, -0.25) is 4.79 Å². The van der Waals surface area contributed by atoms with E-state index in [1.165, 1.54) is 0 Å². The predicted octanol–water partition coefficient (Wildman–Crippen LogP) is 0.448. The summed E-state index contributed by atoms with van der Waals surface area (Å²) in [4.78, 5) is 13.7. The fraction of sp³-hybridized carbons (Fsp3) is 0.667. The molecule has 18 heavy (non-hydrogen) atoms. The van der Waals surface area contributed by atoms with Gasteiger partial charge in [0.25, 0.3) is 5.91 Å². The molecule has 2 atom stereocenters. The minimum absolute atomic E-state index is 0.0154. The first kappa shape index (κ1) is 13.0. The summed E-state index contributed by atoms with van der Waals surface area (Å²) in [6, 6.07) is 1.82. The minimum Gasteiger partial charge on any atom is -0.364 e. The maximum absolute atomic E-state index is 12.1. The van der Waals surface area contributed by atoms with Crippen LogP contribution in [-0.4, -0.2) is 41.8 Å². The summed E-state index contributed by atoms with van der Waals surface area (Å²) >= 11 is 0. The molecule has 0 unspecified atom stereocenters. The molecule has 2 rings (SSSR count). The number of likely N-dealkylation sites (N-methyl/N-ethyl adjacent to an activating group) is 1. The van der Waals surface area contributed by atoms with Crippen LogP contribution in [0.1, 0.15) is 24.3 Å². The van der Waals surface area contributed by atoms with Crippen molar-refractivity contribution < 1.29 is 14.1 Å². The number of hydrogen-bond donors (Lipinski definition) is 1. The number of carbonyl (C=O) groups is 1. The summed E-state index contributed by atoms with van der Waals surface area (Å²) in [5, 5.41) is 3.87. The molecule has 1 aliphatic rings. The van der Waals surface area contributed by atoms with Gasteiger partial charge in [0.15, 0.2) is 0 Å². The van der Waals surface area contributed by atoms with E-state index in [2.05, 4.69) is 5.16 Å². The number of carbonyl (C=O) groups excluding carboxylic acids is 1. The molecule has 1 amide bonds. The fourth-order valence-corrected chi connectivity index (χ4v) is 2.12. The second-order valence-corrected chi connectivity index (χ2v) is 4.68. The molecule has 1 aromatic heterocycles. The van der Waals surface area contributed by atoms with Gasteiger partial charge in [-0.15, -0.1) is 0 Å². The zero-order valence-corrected chi connectivity index (χ0v) is 10.8. The summed E-state index contributed by atoms with van der Waals surface area (Å²) < 4.78 is 10.5. The van der Waals surface area contributed by atoms with Crippen molar-refractivity contribution in [2.75, 3.05) is 13.6 Å². The number of aromatic nitrogens is 1. The maximum atomic E-state index is 12.1. The van der Waals surface area contributed by atoms with Crippen LogP contribution in [0.2, 0.25) is 0 Å². The van der Waals surface area contributed by atoms with Crippen LogP contribution in [0.4, 0.5) is 0 Å². The first-order valence-electron chi connectivity index (χ1n) is 6.13. The van der Waals surface area contributed by atoms with Crippen molar-refractivity contribution in [2.24, 2.45) is 5.73 Å². The third-order valence-corrected chi connectivity index (χ3v) is 3.10. The Kier molecular flexibility index (Phi) is 3.98. The Bertz CT molecular complexity index is 418. The van der Waals surface area contributed by atoms with Gasteiger partial charge in [-0.25, -0.2) is 0 Å². The van der Waals surface area contributed by atoms with E-state index in [1.807, 2.05) is 13.0 Å². The number of aryl methyl sites for hydroxylation is 1. The number of amides is 1. The van der Waals surface area contributed by atoms with Gasteiger partial charge in [0.2, 0.25) is 0 Å². The number of nitrogens with zero attached hydrogens (tertiary/aromatic N) is 2. The maximum Gasteiger partial charge on any atom is 0.251 e. The lowest BCUT2D eigenvalue weighted by molar-refractivity contribution is -0.142. The van der Waals surface area contributed by atoms with E-state index >= 15 is 0 Å². The highest BCUT2D eigenvalue weighted by atomic mass is 16.5. The molecule has 1 fully saturated rings. The van der Waals surface area contributed by atoms with E-state index in [9.17, 15) is 4.79 Å². The van der Waals surface area contributed by atoms with Gasteiger partial charge in [0, 0.05) is 19.7 Å². The topological polar surface area (TPSA) is 81.6 Å². The summed E-state index contributed by atoms with van der Waals surface area (Å²) in [7, 11) is 1.74. The molecule has 0 bridgehead atoms. The average Bonchev–Trinajstić information content (AvgIpc) is 2.97. The lowest BCUT2D eigenvalue weighted by Gasteiger charge is -2.20. The normalized spacial score (nSPS) is 23.3. The third kappa shape index (κ3) is 2.88. The molecular weight excluding hydrogens is 234 g/mol. The molecule has 6 nitrogen and oxygen atoms in total. The van der Waals surface area contributed by atoms with Crippen molar-refractivity contribution in [3.63, 3.8) is 0 Å². The van der Waals surface area contributed by atoms with Gasteiger partial charge in [0.05, 0.1) is 12.6 Å². The van der Waals surface area contributed by atoms with Crippen LogP contribution >= 0.6 is 0 Å². The summed E-state index contributed by atoms with van der Waals surface area (Å²) in [6.45, 7) is 2.73. The van der Waals surface area contributed by atoms with Crippen LogP contribution < -0.4 is 5.73 Å². The van der Waals surface area contributed by atoms with E-state index in [0.717, 1.165) is 24.3 Å². The van der Waals surface area contributed by atoms with E-state index in [4.69, 9.17) is 15.0 Å². The molecule has 0 spiro atoms. The smallest absolute Gasteiger partial charge is 0.251 e. The van der Waals surface area contributed by atoms with Crippen molar-refractivity contribution in [1.29, 1.82) is 0 Å². The molecular formula is C12H19N3O3. The van der Waals surface area contributed by atoms with Gasteiger partial charge < -0.3 is 19.9 Å². The Hall–Kier alpha value is -1.40. The molecule has 0 aliphatic carbocycles.